The molecular formula is C16H19N3O7S2. The number of nitrogens with zero attached hydrogens (tertiary/aromatic N) is 2. The molecule has 0 unspecified atom stereocenters. The third-order valence-corrected chi connectivity index (χ3v) is 6.41. The fourth-order valence-corrected chi connectivity index (χ4v) is 4.96. The van der Waals surface area contributed by atoms with Crippen molar-refractivity contribution in [2.75, 3.05) is 13.1 Å². The number of benzene rings is 1. The maximum absolute atomic E-state index is 13.1. The molecule has 2 aromatic rings. The number of nitrogens with one attached hydrogen (secondary N) is 1. The van der Waals surface area contributed by atoms with Gasteiger partial charge in [-0.05, 0) is 35.4 Å². The second-order valence-electron chi connectivity index (χ2n) is 5.97. The van der Waals surface area contributed by atoms with Crippen LogP contribution in [0.15, 0.2) is 46.0 Å². The highest BCUT2D eigenvalue weighted by atomic mass is 32.2. The van der Waals surface area contributed by atoms with Crippen LogP contribution in [0.2, 0.25) is 0 Å². The highest BCUT2D eigenvalue weighted by Gasteiger charge is 2.34. The van der Waals surface area contributed by atoms with Gasteiger partial charge in [-0.15, -0.1) is 0 Å². The lowest BCUT2D eigenvalue weighted by Crippen LogP contribution is -2.45. The van der Waals surface area contributed by atoms with E-state index in [1.807, 2.05) is 0 Å². The number of sulfonamides is 1. The van der Waals surface area contributed by atoms with Crippen molar-refractivity contribution in [1.82, 2.24) is 9.62 Å². The van der Waals surface area contributed by atoms with Crippen molar-refractivity contribution in [1.29, 1.82) is 0 Å². The zero-order chi connectivity index (χ0) is 20.9. The first kappa shape index (κ1) is 21.8. The molecule has 0 saturated carbocycles. The summed E-state index contributed by atoms with van der Waals surface area (Å²) in [7, 11) is -4.39. The molecule has 0 aliphatic heterocycles. The summed E-state index contributed by atoms with van der Waals surface area (Å²) in [5.74, 6) is 0. The minimum absolute atomic E-state index is 0.318. The van der Waals surface area contributed by atoms with E-state index in [1.165, 1.54) is 30.4 Å². The Balaban J connectivity index is 2.41. The smallest absolute Gasteiger partial charge is 0.404 e. The van der Waals surface area contributed by atoms with Crippen molar-refractivity contribution in [2.45, 2.75) is 24.0 Å². The molecule has 0 saturated heterocycles. The summed E-state index contributed by atoms with van der Waals surface area (Å²) in [5, 5.41) is 36.0. The summed E-state index contributed by atoms with van der Waals surface area (Å²) in [5.41, 5.74) is -0.108. The molecular weight excluding hydrogens is 410 g/mol. The van der Waals surface area contributed by atoms with Gasteiger partial charge in [0.1, 0.15) is 0 Å². The van der Waals surface area contributed by atoms with Gasteiger partial charge in [-0.1, -0.05) is 12.1 Å². The van der Waals surface area contributed by atoms with E-state index in [-0.39, 0.29) is 6.54 Å². The van der Waals surface area contributed by atoms with Gasteiger partial charge in [0.2, 0.25) is 10.0 Å². The Morgan fingerprint density at radius 3 is 2.57 bits per heavy atom. The fraction of sp³-hybridized carbons (Fsp3) is 0.312. The van der Waals surface area contributed by atoms with Gasteiger partial charge < -0.3 is 15.5 Å². The summed E-state index contributed by atoms with van der Waals surface area (Å²) in [6.07, 6.45) is -2.52. The van der Waals surface area contributed by atoms with Gasteiger partial charge in [-0.2, -0.15) is 15.6 Å². The number of carbonyl (C=O) groups is 1. The summed E-state index contributed by atoms with van der Waals surface area (Å²) in [6, 6.07) is 5.68. The number of hydrogen-bond donors (Lipinski definition) is 3. The molecule has 152 valence electrons. The first-order chi connectivity index (χ1) is 13.1. The first-order valence-corrected chi connectivity index (χ1v) is 10.4. The molecule has 0 radical (unpaired) electrons. The van der Waals surface area contributed by atoms with Crippen LogP contribution in [0.1, 0.15) is 18.6 Å². The SMILES string of the molecule is C[C@H](CN(C[C@@H](O)c1ccsc1)S(=O)(=O)c1ccccc1[N+](=O)[O-])NC(=O)O. The van der Waals surface area contributed by atoms with Gasteiger partial charge in [-0.25, -0.2) is 13.2 Å². The number of nitro groups is 1. The standard InChI is InChI=1S/C16H19N3O7S2/c1-11(17-16(21)22)8-18(9-14(20)12-6-7-27-10-12)28(25,26)15-5-3-2-4-13(15)19(23)24/h2-7,10-11,14,17,20H,8-9H2,1H3,(H,21,22)/t11-,14-/m1/s1. The third kappa shape index (κ3) is 5.25. The first-order valence-electron chi connectivity index (χ1n) is 8.06. The summed E-state index contributed by atoms with van der Waals surface area (Å²) in [6.45, 7) is 0.742. The Hall–Kier alpha value is -2.54. The fourth-order valence-electron chi connectivity index (χ4n) is 2.56. The number of nitro benzene ring substituents is 1. The van der Waals surface area contributed by atoms with E-state index in [2.05, 4.69) is 5.32 Å². The summed E-state index contributed by atoms with van der Waals surface area (Å²) >= 11 is 1.32. The average Bonchev–Trinajstić information content (AvgIpc) is 3.15. The van der Waals surface area contributed by atoms with Crippen LogP contribution < -0.4 is 5.32 Å². The number of amides is 1. The average molecular weight is 429 g/mol. The molecule has 0 aliphatic rings. The lowest BCUT2D eigenvalue weighted by Gasteiger charge is -2.27. The molecule has 2 atom stereocenters. The Bertz CT molecular complexity index is 931. The van der Waals surface area contributed by atoms with Gasteiger partial charge >= 0.3 is 6.09 Å². The predicted octanol–water partition coefficient (Wildman–Crippen LogP) is 2.04. The molecule has 0 fully saturated rings. The maximum Gasteiger partial charge on any atom is 0.404 e. The molecule has 1 amide bonds. The second kappa shape index (κ2) is 9.10. The summed E-state index contributed by atoms with van der Waals surface area (Å²) in [4.78, 5) is 20.8. The predicted molar refractivity (Wildman–Crippen MR) is 102 cm³/mol. The van der Waals surface area contributed by atoms with Crippen LogP contribution >= 0.6 is 11.3 Å². The van der Waals surface area contributed by atoms with E-state index in [0.29, 0.717) is 5.56 Å². The summed E-state index contributed by atoms with van der Waals surface area (Å²) < 4.78 is 27.1. The lowest BCUT2D eigenvalue weighted by molar-refractivity contribution is -0.387. The Kier molecular flexibility index (Phi) is 7.07. The largest absolute Gasteiger partial charge is 0.465 e. The zero-order valence-electron chi connectivity index (χ0n) is 14.8. The van der Waals surface area contributed by atoms with Gasteiger partial charge in [0, 0.05) is 25.2 Å². The normalized spacial score (nSPS) is 13.8. The molecule has 1 aromatic carbocycles. The Labute approximate surface area is 165 Å². The van der Waals surface area contributed by atoms with Crippen LogP contribution in [0.4, 0.5) is 10.5 Å². The van der Waals surface area contributed by atoms with E-state index in [1.54, 1.807) is 16.8 Å². The quantitative estimate of drug-likeness (QED) is 0.408. The van der Waals surface area contributed by atoms with Crippen molar-refractivity contribution in [3.8, 4) is 0 Å². The minimum Gasteiger partial charge on any atom is -0.465 e. The Morgan fingerprint density at radius 2 is 2.00 bits per heavy atom. The molecule has 1 aromatic heterocycles. The highest BCUT2D eigenvalue weighted by molar-refractivity contribution is 7.89. The molecule has 10 nitrogen and oxygen atoms in total. The van der Waals surface area contributed by atoms with E-state index in [0.717, 1.165) is 16.4 Å². The second-order valence-corrected chi connectivity index (χ2v) is 8.66. The number of hydrogen-bond acceptors (Lipinski definition) is 7. The number of thiophene rings is 1. The minimum atomic E-state index is -4.39. The van der Waals surface area contributed by atoms with E-state index in [9.17, 15) is 28.4 Å². The molecule has 3 N–H and O–H groups in total. The molecule has 28 heavy (non-hydrogen) atoms. The van der Waals surface area contributed by atoms with Crippen LogP contribution in [-0.4, -0.2) is 53.1 Å². The molecule has 0 spiro atoms. The molecule has 12 heteroatoms. The molecule has 1 heterocycles. The molecule has 0 bridgehead atoms. The number of carboxylic acid groups (broad SMARTS) is 1. The molecule has 0 aliphatic carbocycles. The number of aliphatic hydroxyl groups excluding tert-OH is 1. The van der Waals surface area contributed by atoms with Crippen molar-refractivity contribution in [2.24, 2.45) is 0 Å². The van der Waals surface area contributed by atoms with Gasteiger partial charge in [0.05, 0.1) is 11.0 Å². The molecule has 2 rings (SSSR count). The van der Waals surface area contributed by atoms with Crippen LogP contribution in [0.5, 0.6) is 0 Å². The monoisotopic (exact) mass is 429 g/mol. The van der Waals surface area contributed by atoms with E-state index in [4.69, 9.17) is 5.11 Å². The van der Waals surface area contributed by atoms with Crippen molar-refractivity contribution in [3.05, 3.63) is 56.8 Å². The zero-order valence-corrected chi connectivity index (χ0v) is 16.4. The third-order valence-electron chi connectivity index (χ3n) is 3.83. The van der Waals surface area contributed by atoms with Gasteiger partial charge in [0.25, 0.3) is 5.69 Å². The number of rotatable bonds is 9. The highest BCUT2D eigenvalue weighted by Crippen LogP contribution is 2.28. The van der Waals surface area contributed by atoms with Crippen molar-refractivity contribution < 1.29 is 28.3 Å². The van der Waals surface area contributed by atoms with Crippen LogP contribution in [-0.2, 0) is 10.0 Å². The van der Waals surface area contributed by atoms with E-state index < -0.39 is 50.3 Å². The topological polar surface area (TPSA) is 150 Å². The number of para-hydroxylation sites is 1. The van der Waals surface area contributed by atoms with Crippen molar-refractivity contribution >= 4 is 33.1 Å². The number of aliphatic hydroxyl groups is 1. The van der Waals surface area contributed by atoms with Crippen LogP contribution in [0.25, 0.3) is 0 Å². The van der Waals surface area contributed by atoms with Gasteiger partial charge in [0.15, 0.2) is 4.90 Å². The van der Waals surface area contributed by atoms with Crippen molar-refractivity contribution in [3.63, 3.8) is 0 Å². The Morgan fingerprint density at radius 1 is 1.32 bits per heavy atom. The lowest BCUT2D eigenvalue weighted by atomic mass is 10.2. The van der Waals surface area contributed by atoms with E-state index >= 15 is 0 Å². The van der Waals surface area contributed by atoms with Crippen LogP contribution in [0, 0.1) is 10.1 Å². The van der Waals surface area contributed by atoms with Gasteiger partial charge in [-0.3, -0.25) is 10.1 Å². The van der Waals surface area contributed by atoms with Crippen LogP contribution in [0.3, 0.4) is 0 Å². The maximum atomic E-state index is 13.1.